The SMILES string of the molecule is COC(=O)C1ON(C(=O)OCc2ccccc2)C(=O)C1NC(=O)OCc1ccccc1. The van der Waals surface area contributed by atoms with E-state index in [9.17, 15) is 19.2 Å². The van der Waals surface area contributed by atoms with Crippen LogP contribution in [0, 0.1) is 0 Å². The van der Waals surface area contributed by atoms with Crippen molar-refractivity contribution in [2.24, 2.45) is 0 Å². The molecule has 0 radical (unpaired) electrons. The number of benzene rings is 2. The highest BCUT2D eigenvalue weighted by molar-refractivity contribution is 6.00. The third-order valence-corrected chi connectivity index (χ3v) is 4.28. The van der Waals surface area contributed by atoms with Crippen molar-refractivity contribution in [1.82, 2.24) is 10.4 Å². The van der Waals surface area contributed by atoms with Crippen LogP contribution >= 0.6 is 0 Å². The third kappa shape index (κ3) is 5.58. The van der Waals surface area contributed by atoms with Crippen LogP contribution in [0.1, 0.15) is 11.1 Å². The van der Waals surface area contributed by atoms with Crippen molar-refractivity contribution in [2.45, 2.75) is 25.4 Å². The van der Waals surface area contributed by atoms with Crippen LogP contribution in [0.4, 0.5) is 9.59 Å². The van der Waals surface area contributed by atoms with Gasteiger partial charge in [-0.15, -0.1) is 5.06 Å². The van der Waals surface area contributed by atoms with Gasteiger partial charge in [-0.1, -0.05) is 60.7 Å². The molecule has 0 aromatic heterocycles. The second-order valence-corrected chi connectivity index (χ2v) is 6.41. The molecule has 0 aliphatic carbocycles. The number of hydrogen-bond donors (Lipinski definition) is 1. The Hall–Kier alpha value is -3.92. The van der Waals surface area contributed by atoms with Crippen molar-refractivity contribution >= 4 is 24.1 Å². The Kier molecular flexibility index (Phi) is 7.17. The van der Waals surface area contributed by atoms with Crippen LogP contribution in [-0.4, -0.2) is 48.4 Å². The molecule has 1 heterocycles. The van der Waals surface area contributed by atoms with Gasteiger partial charge in [0.05, 0.1) is 7.11 Å². The van der Waals surface area contributed by atoms with Crippen LogP contribution in [0.3, 0.4) is 0 Å². The van der Waals surface area contributed by atoms with E-state index in [2.05, 4.69) is 10.1 Å². The standard InChI is InChI=1S/C21H20N2O8/c1-28-19(25)17-16(22-20(26)29-12-14-8-4-2-5-9-14)18(24)23(31-17)21(27)30-13-15-10-6-3-7-11-15/h2-11,16-17H,12-13H2,1H3,(H,22,26). The lowest BCUT2D eigenvalue weighted by Crippen LogP contribution is -2.49. The average molecular weight is 428 g/mol. The molecule has 1 fully saturated rings. The highest BCUT2D eigenvalue weighted by Crippen LogP contribution is 2.19. The van der Waals surface area contributed by atoms with Gasteiger partial charge in [0.2, 0.25) is 6.10 Å². The zero-order chi connectivity index (χ0) is 22.2. The van der Waals surface area contributed by atoms with Crippen LogP contribution in [0.25, 0.3) is 0 Å². The van der Waals surface area contributed by atoms with E-state index >= 15 is 0 Å². The number of methoxy groups -OCH3 is 1. The Balaban J connectivity index is 1.62. The molecule has 2 unspecified atom stereocenters. The zero-order valence-electron chi connectivity index (χ0n) is 16.6. The molecule has 0 spiro atoms. The zero-order valence-corrected chi connectivity index (χ0v) is 16.6. The smallest absolute Gasteiger partial charge is 0.441 e. The van der Waals surface area contributed by atoms with Crippen LogP contribution in [0.15, 0.2) is 60.7 Å². The number of nitrogens with zero attached hydrogens (tertiary/aromatic N) is 1. The van der Waals surface area contributed by atoms with Gasteiger partial charge in [0.25, 0.3) is 5.91 Å². The summed E-state index contributed by atoms with van der Waals surface area (Å²) >= 11 is 0. The fourth-order valence-electron chi connectivity index (χ4n) is 2.72. The molecular weight excluding hydrogens is 408 g/mol. The summed E-state index contributed by atoms with van der Waals surface area (Å²) in [5.41, 5.74) is 1.41. The van der Waals surface area contributed by atoms with E-state index in [0.717, 1.165) is 12.7 Å². The summed E-state index contributed by atoms with van der Waals surface area (Å²) < 4.78 is 14.7. The molecule has 0 bridgehead atoms. The summed E-state index contributed by atoms with van der Waals surface area (Å²) in [4.78, 5) is 54.2. The second-order valence-electron chi connectivity index (χ2n) is 6.41. The van der Waals surface area contributed by atoms with Crippen LogP contribution in [0.5, 0.6) is 0 Å². The van der Waals surface area contributed by atoms with E-state index < -0.39 is 36.2 Å². The number of esters is 1. The first-order valence-corrected chi connectivity index (χ1v) is 9.26. The summed E-state index contributed by atoms with van der Waals surface area (Å²) in [5.74, 6) is -1.95. The maximum Gasteiger partial charge on any atom is 0.441 e. The molecular formula is C21H20N2O8. The third-order valence-electron chi connectivity index (χ3n) is 4.28. The van der Waals surface area contributed by atoms with E-state index in [1.165, 1.54) is 0 Å². The summed E-state index contributed by atoms with van der Waals surface area (Å²) in [6.07, 6.45) is -3.69. The molecule has 1 N–H and O–H groups in total. The van der Waals surface area contributed by atoms with Crippen LogP contribution in [-0.2, 0) is 41.9 Å². The van der Waals surface area contributed by atoms with Crippen molar-refractivity contribution in [3.63, 3.8) is 0 Å². The lowest BCUT2D eigenvalue weighted by Gasteiger charge is -2.14. The van der Waals surface area contributed by atoms with E-state index in [0.29, 0.717) is 5.56 Å². The number of nitrogens with one attached hydrogen (secondary N) is 1. The maximum atomic E-state index is 12.6. The van der Waals surface area contributed by atoms with Crippen LogP contribution < -0.4 is 5.32 Å². The molecule has 3 amide bonds. The molecule has 10 heteroatoms. The van der Waals surface area contributed by atoms with E-state index in [1.54, 1.807) is 54.6 Å². The first-order chi connectivity index (χ1) is 15.0. The van der Waals surface area contributed by atoms with E-state index in [-0.39, 0.29) is 18.3 Å². The van der Waals surface area contributed by atoms with Gasteiger partial charge in [-0.25, -0.2) is 19.2 Å². The predicted molar refractivity (Wildman–Crippen MR) is 104 cm³/mol. The van der Waals surface area contributed by atoms with Gasteiger partial charge in [-0.2, -0.15) is 0 Å². The first kappa shape index (κ1) is 21.8. The van der Waals surface area contributed by atoms with Gasteiger partial charge in [-0.05, 0) is 11.1 Å². The fraction of sp³-hybridized carbons (Fsp3) is 0.238. The minimum Gasteiger partial charge on any atom is -0.467 e. The Morgan fingerprint density at radius 3 is 2.03 bits per heavy atom. The summed E-state index contributed by atoms with van der Waals surface area (Å²) in [6, 6.07) is 16.1. The minimum atomic E-state index is -1.58. The molecule has 1 aliphatic rings. The van der Waals surface area contributed by atoms with Crippen molar-refractivity contribution in [3.05, 3.63) is 71.8 Å². The first-order valence-electron chi connectivity index (χ1n) is 9.26. The quantitative estimate of drug-likeness (QED) is 0.547. The van der Waals surface area contributed by atoms with Gasteiger partial charge in [0.15, 0.2) is 6.04 Å². The van der Waals surface area contributed by atoms with Gasteiger partial charge >= 0.3 is 18.2 Å². The summed E-state index contributed by atoms with van der Waals surface area (Å²) in [5, 5.41) is 2.52. The lowest BCUT2D eigenvalue weighted by molar-refractivity contribution is -0.177. The monoisotopic (exact) mass is 428 g/mol. The number of imide groups is 1. The highest BCUT2D eigenvalue weighted by atomic mass is 16.8. The molecule has 3 rings (SSSR count). The summed E-state index contributed by atoms with van der Waals surface area (Å²) in [6.45, 7) is -0.174. The normalized spacial score (nSPS) is 17.7. The maximum absolute atomic E-state index is 12.6. The molecule has 31 heavy (non-hydrogen) atoms. The number of carbonyl (C=O) groups excluding carboxylic acids is 4. The molecule has 162 valence electrons. The summed E-state index contributed by atoms with van der Waals surface area (Å²) in [7, 11) is 1.08. The minimum absolute atomic E-state index is 0.0554. The van der Waals surface area contributed by atoms with E-state index in [1.807, 2.05) is 6.07 Å². The molecule has 2 aromatic rings. The number of hydrogen-bond acceptors (Lipinski definition) is 8. The Bertz CT molecular complexity index is 935. The highest BCUT2D eigenvalue weighted by Gasteiger charge is 2.51. The molecule has 10 nitrogen and oxygen atoms in total. The molecule has 1 aliphatic heterocycles. The van der Waals surface area contributed by atoms with Gasteiger partial charge < -0.3 is 19.5 Å². The number of hydroxylamine groups is 2. The number of ether oxygens (including phenoxy) is 3. The topological polar surface area (TPSA) is 120 Å². The van der Waals surface area contributed by atoms with Crippen molar-refractivity contribution in [2.75, 3.05) is 7.11 Å². The largest absolute Gasteiger partial charge is 0.467 e. The Morgan fingerprint density at radius 2 is 1.48 bits per heavy atom. The molecule has 2 atom stereocenters. The number of amides is 3. The van der Waals surface area contributed by atoms with Crippen LogP contribution in [0.2, 0.25) is 0 Å². The second kappa shape index (κ2) is 10.2. The van der Waals surface area contributed by atoms with Gasteiger partial charge in [-0.3, -0.25) is 4.79 Å². The van der Waals surface area contributed by atoms with E-state index in [4.69, 9.17) is 14.3 Å². The molecule has 0 saturated carbocycles. The van der Waals surface area contributed by atoms with Crippen molar-refractivity contribution in [3.8, 4) is 0 Å². The number of rotatable bonds is 6. The average Bonchev–Trinajstić information content (AvgIpc) is 3.13. The Morgan fingerprint density at radius 1 is 0.935 bits per heavy atom. The number of carbonyl (C=O) groups is 4. The fourth-order valence-corrected chi connectivity index (χ4v) is 2.72. The number of alkyl carbamates (subject to hydrolysis) is 1. The van der Waals surface area contributed by atoms with Gasteiger partial charge in [0.1, 0.15) is 13.2 Å². The van der Waals surface area contributed by atoms with Crippen molar-refractivity contribution < 1.29 is 38.2 Å². The van der Waals surface area contributed by atoms with Gasteiger partial charge in [0, 0.05) is 0 Å². The molecule has 1 saturated heterocycles. The Labute approximate surface area is 177 Å². The predicted octanol–water partition coefficient (Wildman–Crippen LogP) is 1.93. The van der Waals surface area contributed by atoms with Crippen molar-refractivity contribution in [1.29, 1.82) is 0 Å². The lowest BCUT2D eigenvalue weighted by atomic mass is 10.1. The molecule has 2 aromatic carbocycles.